The summed E-state index contributed by atoms with van der Waals surface area (Å²) in [5, 5.41) is 3.14. The molecule has 18 heavy (non-hydrogen) atoms. The van der Waals surface area contributed by atoms with Gasteiger partial charge in [-0.1, -0.05) is 13.8 Å². The number of alkyl halides is 3. The molecule has 2 aliphatic carbocycles. The number of rotatable bonds is 2. The van der Waals surface area contributed by atoms with Crippen LogP contribution in [0.3, 0.4) is 0 Å². The Kier molecular flexibility index (Phi) is 2.19. The molecule has 102 valence electrons. The summed E-state index contributed by atoms with van der Waals surface area (Å²) in [5.74, 6) is -0.357. The van der Waals surface area contributed by atoms with E-state index < -0.39 is 23.4 Å². The Morgan fingerprint density at radius 3 is 2.17 bits per heavy atom. The first-order chi connectivity index (χ1) is 8.24. The van der Waals surface area contributed by atoms with Crippen LogP contribution in [0.2, 0.25) is 0 Å². The zero-order valence-electron chi connectivity index (χ0n) is 10.5. The summed E-state index contributed by atoms with van der Waals surface area (Å²) in [7, 11) is 0. The molecule has 3 fully saturated rings. The standard InChI is InChI=1S/C12H17F3N2O/c1-7(2)8-16-10(3-4-10)9(18)17(8)11(5-6-11)12(13,14)15/h7-8,16H,3-6H2,1-2H3. The van der Waals surface area contributed by atoms with Crippen molar-refractivity contribution in [2.24, 2.45) is 5.92 Å². The average molecular weight is 262 g/mol. The quantitative estimate of drug-likeness (QED) is 0.826. The van der Waals surface area contributed by atoms with E-state index in [0.29, 0.717) is 12.8 Å². The first-order valence-corrected chi connectivity index (χ1v) is 6.42. The number of halogens is 3. The van der Waals surface area contributed by atoms with Crippen LogP contribution in [-0.2, 0) is 4.79 Å². The van der Waals surface area contributed by atoms with E-state index in [4.69, 9.17) is 0 Å². The second kappa shape index (κ2) is 3.21. The lowest BCUT2D eigenvalue weighted by Crippen LogP contribution is -2.55. The minimum Gasteiger partial charge on any atom is -0.310 e. The molecule has 6 heteroatoms. The highest BCUT2D eigenvalue weighted by Gasteiger charge is 2.74. The number of carbonyl (C=O) groups is 1. The van der Waals surface area contributed by atoms with Gasteiger partial charge in [0.2, 0.25) is 5.91 Å². The maximum absolute atomic E-state index is 13.2. The minimum atomic E-state index is -4.32. The molecular weight excluding hydrogens is 245 g/mol. The zero-order valence-corrected chi connectivity index (χ0v) is 10.5. The van der Waals surface area contributed by atoms with Gasteiger partial charge in [0.1, 0.15) is 5.54 Å². The van der Waals surface area contributed by atoms with Crippen LogP contribution in [0, 0.1) is 5.92 Å². The fourth-order valence-corrected chi connectivity index (χ4v) is 2.95. The number of amides is 1. The molecular formula is C12H17F3N2O. The van der Waals surface area contributed by atoms with E-state index in [-0.39, 0.29) is 24.7 Å². The predicted molar refractivity (Wildman–Crippen MR) is 58.6 cm³/mol. The predicted octanol–water partition coefficient (Wildman–Crippen LogP) is 2.03. The number of nitrogens with one attached hydrogen (secondary N) is 1. The van der Waals surface area contributed by atoms with Crippen molar-refractivity contribution in [2.45, 2.75) is 63.0 Å². The average Bonchev–Trinajstić information content (AvgIpc) is 3.07. The van der Waals surface area contributed by atoms with E-state index in [1.54, 1.807) is 0 Å². The molecule has 3 nitrogen and oxygen atoms in total. The van der Waals surface area contributed by atoms with Gasteiger partial charge in [0.15, 0.2) is 0 Å². The minimum absolute atomic E-state index is 0.0197. The molecule has 1 unspecified atom stereocenters. The van der Waals surface area contributed by atoms with Gasteiger partial charge in [-0.3, -0.25) is 10.1 Å². The number of nitrogens with zero attached hydrogens (tertiary/aromatic N) is 1. The maximum Gasteiger partial charge on any atom is 0.411 e. The zero-order chi connectivity index (χ0) is 13.3. The number of carbonyl (C=O) groups excluding carboxylic acids is 1. The van der Waals surface area contributed by atoms with Crippen molar-refractivity contribution in [1.82, 2.24) is 10.2 Å². The molecule has 3 aliphatic rings. The van der Waals surface area contributed by atoms with Crippen molar-refractivity contribution in [1.29, 1.82) is 0 Å². The Balaban J connectivity index is 1.96. The van der Waals surface area contributed by atoms with E-state index in [9.17, 15) is 18.0 Å². The van der Waals surface area contributed by atoms with Crippen LogP contribution in [0.15, 0.2) is 0 Å². The highest BCUT2D eigenvalue weighted by Crippen LogP contribution is 2.58. The van der Waals surface area contributed by atoms with Gasteiger partial charge in [0.05, 0.1) is 11.7 Å². The highest BCUT2D eigenvalue weighted by molar-refractivity contribution is 5.93. The third kappa shape index (κ3) is 1.38. The molecule has 1 aliphatic heterocycles. The molecule has 1 spiro atoms. The third-order valence-corrected chi connectivity index (χ3v) is 4.42. The summed E-state index contributed by atoms with van der Waals surface area (Å²) < 4.78 is 39.6. The van der Waals surface area contributed by atoms with Gasteiger partial charge in [-0.2, -0.15) is 13.2 Å². The summed E-state index contributed by atoms with van der Waals surface area (Å²) in [6, 6.07) is 0. The smallest absolute Gasteiger partial charge is 0.310 e. The molecule has 2 saturated carbocycles. The third-order valence-electron chi connectivity index (χ3n) is 4.42. The molecule has 0 bridgehead atoms. The normalized spacial score (nSPS) is 32.4. The molecule has 1 N–H and O–H groups in total. The number of hydrogen-bond donors (Lipinski definition) is 1. The Labute approximate surface area is 104 Å². The van der Waals surface area contributed by atoms with Crippen molar-refractivity contribution in [3.8, 4) is 0 Å². The van der Waals surface area contributed by atoms with Crippen LogP contribution in [-0.4, -0.2) is 34.2 Å². The van der Waals surface area contributed by atoms with E-state index in [0.717, 1.165) is 4.90 Å². The van der Waals surface area contributed by atoms with Gasteiger partial charge >= 0.3 is 6.18 Å². The molecule has 0 aromatic heterocycles. The summed E-state index contributed by atoms with van der Waals surface area (Å²) in [5.41, 5.74) is -2.56. The largest absolute Gasteiger partial charge is 0.411 e. The van der Waals surface area contributed by atoms with Crippen LogP contribution in [0.1, 0.15) is 39.5 Å². The van der Waals surface area contributed by atoms with Crippen LogP contribution < -0.4 is 5.32 Å². The van der Waals surface area contributed by atoms with Gasteiger partial charge in [-0.05, 0) is 31.6 Å². The molecule has 3 rings (SSSR count). The first-order valence-electron chi connectivity index (χ1n) is 6.42. The lowest BCUT2D eigenvalue weighted by Gasteiger charge is -2.36. The van der Waals surface area contributed by atoms with E-state index in [2.05, 4.69) is 5.32 Å². The van der Waals surface area contributed by atoms with Crippen LogP contribution in [0.4, 0.5) is 13.2 Å². The van der Waals surface area contributed by atoms with Crippen molar-refractivity contribution >= 4 is 5.91 Å². The van der Waals surface area contributed by atoms with Crippen molar-refractivity contribution in [3.63, 3.8) is 0 Å². The Hall–Kier alpha value is -0.780. The van der Waals surface area contributed by atoms with E-state index in [1.165, 1.54) is 0 Å². The summed E-state index contributed by atoms with van der Waals surface area (Å²) in [4.78, 5) is 13.4. The molecule has 0 radical (unpaired) electrons. The molecule has 1 amide bonds. The molecule has 1 atom stereocenters. The van der Waals surface area contributed by atoms with Crippen molar-refractivity contribution in [3.05, 3.63) is 0 Å². The summed E-state index contributed by atoms with van der Waals surface area (Å²) in [6.07, 6.45) is -3.38. The Morgan fingerprint density at radius 1 is 1.28 bits per heavy atom. The fourth-order valence-electron chi connectivity index (χ4n) is 2.95. The second-order valence-electron chi connectivity index (χ2n) is 6.12. The molecule has 1 saturated heterocycles. The van der Waals surface area contributed by atoms with Gasteiger partial charge in [0.25, 0.3) is 0 Å². The highest BCUT2D eigenvalue weighted by atomic mass is 19.4. The monoisotopic (exact) mass is 262 g/mol. The van der Waals surface area contributed by atoms with Gasteiger partial charge in [0, 0.05) is 0 Å². The molecule has 0 aromatic rings. The Morgan fingerprint density at radius 2 is 1.83 bits per heavy atom. The lowest BCUT2D eigenvalue weighted by atomic mass is 10.1. The maximum atomic E-state index is 13.2. The van der Waals surface area contributed by atoms with Gasteiger partial charge in [-0.15, -0.1) is 0 Å². The summed E-state index contributed by atoms with van der Waals surface area (Å²) >= 11 is 0. The summed E-state index contributed by atoms with van der Waals surface area (Å²) in [6.45, 7) is 3.71. The fraction of sp³-hybridized carbons (Fsp3) is 0.917. The van der Waals surface area contributed by atoms with E-state index >= 15 is 0 Å². The van der Waals surface area contributed by atoms with Crippen LogP contribution in [0.25, 0.3) is 0 Å². The Bertz CT molecular complexity index is 397. The van der Waals surface area contributed by atoms with Crippen LogP contribution in [0.5, 0.6) is 0 Å². The molecule has 0 aromatic carbocycles. The lowest BCUT2D eigenvalue weighted by molar-refractivity contribution is -0.204. The van der Waals surface area contributed by atoms with Gasteiger partial charge < -0.3 is 4.90 Å². The van der Waals surface area contributed by atoms with Crippen molar-refractivity contribution in [2.75, 3.05) is 0 Å². The van der Waals surface area contributed by atoms with Crippen molar-refractivity contribution < 1.29 is 18.0 Å². The van der Waals surface area contributed by atoms with Crippen LogP contribution >= 0.6 is 0 Å². The second-order valence-corrected chi connectivity index (χ2v) is 6.12. The molecule has 1 heterocycles. The SMILES string of the molecule is CC(C)C1NC2(CC2)C(=O)N1C1(C(F)(F)F)CC1. The topological polar surface area (TPSA) is 32.3 Å². The number of hydrogen-bond acceptors (Lipinski definition) is 2. The first kappa shape index (κ1) is 12.3. The van der Waals surface area contributed by atoms with E-state index in [1.807, 2.05) is 13.8 Å². The van der Waals surface area contributed by atoms with Gasteiger partial charge in [-0.25, -0.2) is 0 Å².